The Morgan fingerprint density at radius 1 is 0.808 bits per heavy atom. The Labute approximate surface area is 299 Å². The number of rotatable bonds is 5. The van der Waals surface area contributed by atoms with Crippen molar-refractivity contribution in [1.82, 2.24) is 0 Å². The third-order valence-electron chi connectivity index (χ3n) is 11.5. The van der Waals surface area contributed by atoms with Crippen molar-refractivity contribution in [1.29, 1.82) is 0 Å². The molecule has 15 heteroatoms. The highest BCUT2D eigenvalue weighted by Crippen LogP contribution is 2.52. The van der Waals surface area contributed by atoms with Crippen LogP contribution in [0.1, 0.15) is 98.6 Å². The second kappa shape index (κ2) is 13.1. The number of fused-ring (bicyclic) bond motifs is 3. The van der Waals surface area contributed by atoms with Crippen molar-refractivity contribution in [2.75, 3.05) is 0 Å². The maximum Gasteiger partial charge on any atom is 0.198 e. The molecule has 3 saturated heterocycles. The first-order valence-electron chi connectivity index (χ1n) is 17.8. The Morgan fingerprint density at radius 3 is 2.17 bits per heavy atom. The molecule has 3 heterocycles. The fraction of sp³-hybridized carbons (Fsp3) is 0.649. The zero-order chi connectivity index (χ0) is 37.7. The fourth-order valence-electron chi connectivity index (χ4n) is 8.65. The number of ether oxygens (including phenoxy) is 5. The van der Waals surface area contributed by atoms with E-state index in [4.69, 9.17) is 23.7 Å². The van der Waals surface area contributed by atoms with E-state index < -0.39 is 120 Å². The van der Waals surface area contributed by atoms with Crippen molar-refractivity contribution in [3.8, 4) is 5.75 Å². The van der Waals surface area contributed by atoms with Crippen molar-refractivity contribution >= 4 is 17.3 Å². The molecule has 3 aliphatic carbocycles. The van der Waals surface area contributed by atoms with E-state index in [1.54, 1.807) is 13.8 Å². The summed E-state index contributed by atoms with van der Waals surface area (Å²) < 4.78 is 30.2. The second-order valence-corrected chi connectivity index (χ2v) is 15.4. The van der Waals surface area contributed by atoms with E-state index in [0.717, 1.165) is 12.2 Å². The smallest absolute Gasteiger partial charge is 0.198 e. The number of Topliss-reactive ketones (excluding diaryl/α,β-unsaturated/α-hetero) is 3. The van der Waals surface area contributed by atoms with Crippen LogP contribution in [0.3, 0.4) is 0 Å². The van der Waals surface area contributed by atoms with Gasteiger partial charge in [-0.1, -0.05) is 12.1 Å². The number of phenolic OH excluding ortho intramolecular Hbond substituents is 1. The third kappa shape index (κ3) is 6.00. The Kier molecular flexibility index (Phi) is 9.44. The summed E-state index contributed by atoms with van der Waals surface area (Å²) >= 11 is 0. The minimum atomic E-state index is -2.79. The van der Waals surface area contributed by atoms with Gasteiger partial charge in [-0.05, 0) is 46.3 Å². The topological polar surface area (TPSA) is 239 Å². The lowest BCUT2D eigenvalue weighted by Gasteiger charge is -2.51. The molecule has 7 N–H and O–H groups in total. The molecule has 15 nitrogen and oxygen atoms in total. The number of carbonyl (C=O) groups excluding carboxylic acids is 3. The number of carbonyl (C=O) groups is 3. The van der Waals surface area contributed by atoms with Crippen LogP contribution in [0.4, 0.5) is 0 Å². The number of aromatic hydroxyl groups is 1. The summed E-state index contributed by atoms with van der Waals surface area (Å²) in [6.07, 6.45) is -6.22. The number of allylic oxidation sites excluding steroid dienone is 2. The predicted molar refractivity (Wildman–Crippen MR) is 176 cm³/mol. The Balaban J connectivity index is 1.07. The molecular formula is C37H46O15. The molecule has 1 saturated carbocycles. The molecule has 1 aromatic rings. The van der Waals surface area contributed by atoms with Crippen LogP contribution in [0.25, 0.3) is 0 Å². The monoisotopic (exact) mass is 730 g/mol. The summed E-state index contributed by atoms with van der Waals surface area (Å²) in [5.74, 6) is -3.34. The van der Waals surface area contributed by atoms with Gasteiger partial charge in [0.2, 0.25) is 0 Å². The normalized spacial score (nSPS) is 45.0. The van der Waals surface area contributed by atoms with Crippen LogP contribution >= 0.6 is 0 Å². The minimum Gasteiger partial charge on any atom is -0.507 e. The molecule has 6 aliphatic rings. The number of ketones is 3. The fourth-order valence-corrected chi connectivity index (χ4v) is 8.65. The van der Waals surface area contributed by atoms with Crippen molar-refractivity contribution in [3.63, 3.8) is 0 Å². The summed E-state index contributed by atoms with van der Waals surface area (Å²) in [4.78, 5) is 41.1. The van der Waals surface area contributed by atoms with Crippen molar-refractivity contribution in [3.05, 3.63) is 52.1 Å². The molecule has 52 heavy (non-hydrogen) atoms. The molecule has 14 atom stereocenters. The van der Waals surface area contributed by atoms with Crippen LogP contribution in [0.15, 0.2) is 35.4 Å². The molecule has 7 rings (SSSR count). The number of phenols is 1. The highest BCUT2D eigenvalue weighted by molar-refractivity contribution is 6.32. The van der Waals surface area contributed by atoms with Gasteiger partial charge in [0.15, 0.2) is 35.5 Å². The first kappa shape index (κ1) is 37.4. The molecular weight excluding hydrogens is 684 g/mol. The van der Waals surface area contributed by atoms with Gasteiger partial charge in [0.25, 0.3) is 0 Å². The number of benzene rings is 1. The van der Waals surface area contributed by atoms with E-state index in [1.165, 1.54) is 19.1 Å². The maximum atomic E-state index is 13.9. The molecule has 0 unspecified atom stereocenters. The van der Waals surface area contributed by atoms with Crippen molar-refractivity contribution in [2.45, 2.75) is 151 Å². The standard InChI is InChI=1S/C37H46O15/c1-15-22(51-27-11-21(38)30(40)16(2)50-27)7-8-26(49-15)52-24-12-23(48-17(3)31(24)41)18-5-6-19-28(32(18)42)33(43)20-9-10-36(46)14-35(4,45)13-25(39)37(36,47)29(20)34(19)44/h5-6,9-10,15-17,21-24,26-27,30-31,38,40-42,45-47H,7-8,11-14H2,1-4H3/t15-,16-,17-,21-,22-,23-,24-,26-,27+,30+,31+,35+,36+,37+/m1/s1. The van der Waals surface area contributed by atoms with Crippen LogP contribution < -0.4 is 0 Å². The zero-order valence-electron chi connectivity index (χ0n) is 29.3. The molecule has 0 amide bonds. The van der Waals surface area contributed by atoms with Gasteiger partial charge in [-0.25, -0.2) is 0 Å². The van der Waals surface area contributed by atoms with Gasteiger partial charge < -0.3 is 59.4 Å². The maximum absolute atomic E-state index is 13.9. The highest BCUT2D eigenvalue weighted by atomic mass is 16.7. The Hall–Kier alpha value is -2.93. The number of hydrogen-bond donors (Lipinski definition) is 7. The van der Waals surface area contributed by atoms with Crippen LogP contribution in [0.5, 0.6) is 5.75 Å². The molecule has 0 aromatic heterocycles. The minimum absolute atomic E-state index is 0.0389. The van der Waals surface area contributed by atoms with Gasteiger partial charge >= 0.3 is 0 Å². The first-order valence-corrected chi connectivity index (χ1v) is 17.8. The Bertz CT molecular complexity index is 1710. The molecule has 0 bridgehead atoms. The number of aliphatic hydroxyl groups excluding tert-OH is 3. The highest BCUT2D eigenvalue weighted by Gasteiger charge is 2.66. The number of hydrogen-bond acceptors (Lipinski definition) is 15. The predicted octanol–water partition coefficient (Wildman–Crippen LogP) is 0.577. The lowest BCUT2D eigenvalue weighted by molar-refractivity contribution is -0.306. The van der Waals surface area contributed by atoms with Gasteiger partial charge in [-0.3, -0.25) is 14.4 Å². The lowest BCUT2D eigenvalue weighted by atomic mass is 9.57. The largest absolute Gasteiger partial charge is 0.507 e. The lowest BCUT2D eigenvalue weighted by Crippen LogP contribution is -2.69. The van der Waals surface area contributed by atoms with E-state index in [2.05, 4.69) is 0 Å². The zero-order valence-corrected chi connectivity index (χ0v) is 29.3. The molecule has 284 valence electrons. The SMILES string of the molecule is C[C@H]1O[C@@H](O[C@@H]2CC[C@@H](O[C@@H]3C[C@H](c4ccc5c(c4O)C(=O)C4=C(C5=O)[C@@]5(O)C(=O)C[C@](C)(O)C[C@@]5(O)C=C4)O[C@H](C)[C@@H]3O)O[C@@H]2C)C[C@@H](O)[C@H]1O. The van der Waals surface area contributed by atoms with E-state index in [1.807, 2.05) is 6.92 Å². The quantitative estimate of drug-likeness (QED) is 0.219. The van der Waals surface area contributed by atoms with Crippen LogP contribution in [0.2, 0.25) is 0 Å². The van der Waals surface area contributed by atoms with E-state index in [-0.39, 0.29) is 41.2 Å². The summed E-state index contributed by atoms with van der Waals surface area (Å²) in [6, 6.07) is 2.68. The number of aliphatic hydroxyl groups is 6. The van der Waals surface area contributed by atoms with Gasteiger partial charge in [-0.2, -0.15) is 0 Å². The first-order chi connectivity index (χ1) is 24.3. The molecule has 0 radical (unpaired) electrons. The molecule has 0 spiro atoms. The summed E-state index contributed by atoms with van der Waals surface area (Å²) in [5.41, 5.74) is -8.26. The van der Waals surface area contributed by atoms with Crippen LogP contribution in [0, 0.1) is 0 Å². The van der Waals surface area contributed by atoms with Crippen LogP contribution in [-0.4, -0.2) is 131 Å². The Morgan fingerprint density at radius 2 is 1.48 bits per heavy atom. The van der Waals surface area contributed by atoms with Gasteiger partial charge in [0.1, 0.15) is 23.6 Å². The summed E-state index contributed by atoms with van der Waals surface area (Å²) in [5, 5.41) is 76.3. The van der Waals surface area contributed by atoms with Crippen LogP contribution in [-0.2, 0) is 28.5 Å². The average Bonchev–Trinajstić information content (AvgIpc) is 3.06. The van der Waals surface area contributed by atoms with Crippen molar-refractivity contribution in [2.24, 2.45) is 0 Å². The summed E-state index contributed by atoms with van der Waals surface area (Å²) in [6.45, 7) is 6.42. The van der Waals surface area contributed by atoms with Crippen molar-refractivity contribution < 1.29 is 73.8 Å². The average molecular weight is 731 g/mol. The van der Waals surface area contributed by atoms with Gasteiger partial charge in [0, 0.05) is 48.8 Å². The molecule has 3 aliphatic heterocycles. The van der Waals surface area contributed by atoms with Gasteiger partial charge in [0.05, 0.1) is 59.5 Å². The van der Waals surface area contributed by atoms with E-state index in [9.17, 15) is 50.1 Å². The third-order valence-corrected chi connectivity index (χ3v) is 11.5. The summed E-state index contributed by atoms with van der Waals surface area (Å²) in [7, 11) is 0. The second-order valence-electron chi connectivity index (χ2n) is 15.4. The van der Waals surface area contributed by atoms with E-state index >= 15 is 0 Å². The molecule has 4 fully saturated rings. The van der Waals surface area contributed by atoms with E-state index in [0.29, 0.717) is 12.8 Å². The molecule has 1 aromatic carbocycles. The van der Waals surface area contributed by atoms with Gasteiger partial charge in [-0.15, -0.1) is 0 Å².